The average molecular weight is 298 g/mol. The predicted octanol–water partition coefficient (Wildman–Crippen LogP) is 4.80. The second-order valence-electron chi connectivity index (χ2n) is 5.77. The summed E-state index contributed by atoms with van der Waals surface area (Å²) in [6.45, 7) is 6.54. The van der Waals surface area contributed by atoms with Crippen molar-refractivity contribution in [1.82, 2.24) is 9.55 Å². The summed E-state index contributed by atoms with van der Waals surface area (Å²) in [5.41, 5.74) is 7.33. The minimum absolute atomic E-state index is 0.105. The van der Waals surface area contributed by atoms with E-state index in [0.29, 0.717) is 17.4 Å². The highest BCUT2D eigenvalue weighted by Crippen LogP contribution is 2.29. The fourth-order valence-electron chi connectivity index (χ4n) is 2.52. The number of aromatic nitrogens is 2. The summed E-state index contributed by atoms with van der Waals surface area (Å²) in [5.74, 6) is 0.651. The third kappa shape index (κ3) is 3.06. The minimum Gasteiger partial charge on any atom is -0.369 e. The molecule has 110 valence electrons. The first-order valence-electron chi connectivity index (χ1n) is 7.02. The molecule has 2 rings (SSSR count). The second-order valence-corrected chi connectivity index (χ2v) is 6.18. The molecule has 0 saturated carbocycles. The average Bonchev–Trinajstić information content (AvgIpc) is 2.64. The summed E-state index contributed by atoms with van der Waals surface area (Å²) in [4.78, 5) is 4.22. The summed E-state index contributed by atoms with van der Waals surface area (Å²) < 4.78 is 15.4. The maximum atomic E-state index is 13.5. The molecule has 2 aromatic rings. The Kier molecular flexibility index (Phi) is 4.53. The zero-order valence-corrected chi connectivity index (χ0v) is 12.9. The van der Waals surface area contributed by atoms with Crippen LogP contribution in [0.4, 0.5) is 10.3 Å². The van der Waals surface area contributed by atoms with E-state index in [1.54, 1.807) is 6.07 Å². The molecule has 0 amide bonds. The van der Waals surface area contributed by atoms with Gasteiger partial charge in [-0.15, -0.1) is 0 Å². The fourth-order valence-corrected chi connectivity index (χ4v) is 2.68. The Balaban J connectivity index is 2.28. The van der Waals surface area contributed by atoms with Crippen LogP contribution in [0.3, 0.4) is 0 Å². The van der Waals surface area contributed by atoms with Gasteiger partial charge < -0.3 is 10.3 Å². The highest BCUT2D eigenvalue weighted by molar-refractivity contribution is 6.31. The van der Waals surface area contributed by atoms with Crippen LogP contribution in [0.1, 0.15) is 46.1 Å². The molecule has 0 saturated heterocycles. The Morgan fingerprint density at radius 1 is 1.30 bits per heavy atom. The van der Waals surface area contributed by atoms with E-state index in [9.17, 15) is 4.39 Å². The largest absolute Gasteiger partial charge is 0.369 e. The van der Waals surface area contributed by atoms with Crippen molar-refractivity contribution in [3.8, 4) is 0 Å². The molecule has 1 heterocycles. The number of nitrogens with zero attached hydrogens (tertiary/aromatic N) is 2. The number of halogens is 2. The fraction of sp³-hybridized carbons (Fsp3) is 0.533. The molecule has 0 bridgehead atoms. The van der Waals surface area contributed by atoms with Crippen LogP contribution in [-0.4, -0.2) is 9.55 Å². The Labute approximate surface area is 123 Å². The molecule has 0 aliphatic carbocycles. The van der Waals surface area contributed by atoms with Crippen LogP contribution in [0.25, 0.3) is 11.0 Å². The molecule has 3 nitrogen and oxygen atoms in total. The van der Waals surface area contributed by atoms with E-state index >= 15 is 0 Å². The number of rotatable bonds is 5. The number of imidazole rings is 1. The number of nitrogen functional groups attached to an aromatic ring is 1. The summed E-state index contributed by atoms with van der Waals surface area (Å²) in [6.07, 6.45) is 3.34. The smallest absolute Gasteiger partial charge is 0.201 e. The van der Waals surface area contributed by atoms with Gasteiger partial charge in [-0.2, -0.15) is 0 Å². The van der Waals surface area contributed by atoms with Gasteiger partial charge in [-0.05, 0) is 25.3 Å². The standard InChI is InChI=1S/C15H21ClFN3/c1-9(2)5-4-6-10(3)20-14-7-11(16)12(17)8-13(14)19-15(20)18/h7-10H,4-6H2,1-3H3,(H2,18,19). The van der Waals surface area contributed by atoms with Gasteiger partial charge in [-0.3, -0.25) is 0 Å². The van der Waals surface area contributed by atoms with Gasteiger partial charge >= 0.3 is 0 Å². The lowest BCUT2D eigenvalue weighted by Gasteiger charge is -2.16. The quantitative estimate of drug-likeness (QED) is 0.861. The van der Waals surface area contributed by atoms with Gasteiger partial charge in [0.05, 0.1) is 16.1 Å². The number of hydrogen-bond donors (Lipinski definition) is 1. The van der Waals surface area contributed by atoms with Crippen molar-refractivity contribution in [3.63, 3.8) is 0 Å². The molecule has 20 heavy (non-hydrogen) atoms. The summed E-state index contributed by atoms with van der Waals surface area (Å²) in [7, 11) is 0. The predicted molar refractivity (Wildman–Crippen MR) is 82.5 cm³/mol. The van der Waals surface area contributed by atoms with E-state index in [1.807, 2.05) is 4.57 Å². The molecule has 0 radical (unpaired) electrons. The maximum absolute atomic E-state index is 13.5. The van der Waals surface area contributed by atoms with Gasteiger partial charge in [0.25, 0.3) is 0 Å². The van der Waals surface area contributed by atoms with Crippen molar-refractivity contribution in [2.45, 2.75) is 46.1 Å². The van der Waals surface area contributed by atoms with Gasteiger partial charge in [-0.1, -0.05) is 38.3 Å². The molecule has 0 aliphatic rings. The van der Waals surface area contributed by atoms with Crippen molar-refractivity contribution < 1.29 is 4.39 Å². The highest BCUT2D eigenvalue weighted by atomic mass is 35.5. The van der Waals surface area contributed by atoms with Crippen molar-refractivity contribution >= 4 is 28.6 Å². The first-order chi connectivity index (χ1) is 9.40. The topological polar surface area (TPSA) is 43.8 Å². The van der Waals surface area contributed by atoms with E-state index in [-0.39, 0.29) is 11.1 Å². The molecular weight excluding hydrogens is 277 g/mol. The first-order valence-corrected chi connectivity index (χ1v) is 7.40. The SMILES string of the molecule is CC(C)CCCC(C)n1c(N)nc2cc(F)c(Cl)cc21. The van der Waals surface area contributed by atoms with Crippen LogP contribution in [0.15, 0.2) is 12.1 Å². The second kappa shape index (κ2) is 6.00. The molecule has 0 aliphatic heterocycles. The van der Waals surface area contributed by atoms with Gasteiger partial charge in [0, 0.05) is 12.1 Å². The van der Waals surface area contributed by atoms with Crippen LogP contribution in [0.2, 0.25) is 5.02 Å². The summed E-state index contributed by atoms with van der Waals surface area (Å²) in [5, 5.41) is 0.105. The van der Waals surface area contributed by atoms with Crippen LogP contribution < -0.4 is 5.73 Å². The highest BCUT2D eigenvalue weighted by Gasteiger charge is 2.16. The monoisotopic (exact) mass is 297 g/mol. The zero-order valence-electron chi connectivity index (χ0n) is 12.2. The maximum Gasteiger partial charge on any atom is 0.201 e. The first kappa shape index (κ1) is 15.1. The number of hydrogen-bond acceptors (Lipinski definition) is 2. The van der Waals surface area contributed by atoms with E-state index < -0.39 is 5.82 Å². The van der Waals surface area contributed by atoms with Gasteiger partial charge in [0.15, 0.2) is 0 Å². The molecule has 0 fully saturated rings. The third-order valence-electron chi connectivity index (χ3n) is 3.60. The molecule has 0 spiro atoms. The van der Waals surface area contributed by atoms with Crippen molar-refractivity contribution in [3.05, 3.63) is 23.0 Å². The van der Waals surface area contributed by atoms with Crippen molar-refractivity contribution in [2.75, 3.05) is 5.73 Å². The van der Waals surface area contributed by atoms with Crippen LogP contribution in [0, 0.1) is 11.7 Å². The molecule has 2 N–H and O–H groups in total. The van der Waals surface area contributed by atoms with Crippen molar-refractivity contribution in [1.29, 1.82) is 0 Å². The molecular formula is C15H21ClFN3. The lowest BCUT2D eigenvalue weighted by molar-refractivity contribution is 0.457. The van der Waals surface area contributed by atoms with E-state index in [2.05, 4.69) is 25.8 Å². The molecule has 1 unspecified atom stereocenters. The van der Waals surface area contributed by atoms with Crippen LogP contribution >= 0.6 is 11.6 Å². The van der Waals surface area contributed by atoms with Crippen LogP contribution in [0.5, 0.6) is 0 Å². The third-order valence-corrected chi connectivity index (χ3v) is 3.89. The van der Waals surface area contributed by atoms with Gasteiger partial charge in [0.1, 0.15) is 5.82 Å². The number of benzene rings is 1. The summed E-state index contributed by atoms with van der Waals surface area (Å²) in [6, 6.07) is 3.17. The lowest BCUT2D eigenvalue weighted by Crippen LogP contribution is -2.09. The Bertz CT molecular complexity index is 607. The van der Waals surface area contributed by atoms with E-state index in [4.69, 9.17) is 17.3 Å². The Morgan fingerprint density at radius 2 is 2.00 bits per heavy atom. The van der Waals surface area contributed by atoms with Gasteiger partial charge in [0.2, 0.25) is 5.95 Å². The van der Waals surface area contributed by atoms with Crippen molar-refractivity contribution in [2.24, 2.45) is 5.92 Å². The number of fused-ring (bicyclic) bond motifs is 1. The van der Waals surface area contributed by atoms with Crippen LogP contribution in [-0.2, 0) is 0 Å². The lowest BCUT2D eigenvalue weighted by atomic mass is 10.0. The molecule has 1 aromatic heterocycles. The zero-order chi connectivity index (χ0) is 14.9. The van der Waals surface area contributed by atoms with Gasteiger partial charge in [-0.25, -0.2) is 9.37 Å². The van der Waals surface area contributed by atoms with E-state index in [0.717, 1.165) is 18.4 Å². The Hall–Kier alpha value is -1.29. The minimum atomic E-state index is -0.462. The van der Waals surface area contributed by atoms with E-state index in [1.165, 1.54) is 12.5 Å². The number of nitrogens with two attached hydrogens (primary N) is 1. The normalized spacial score (nSPS) is 13.3. The molecule has 1 atom stereocenters. The summed E-state index contributed by atoms with van der Waals surface area (Å²) >= 11 is 5.86. The molecule has 5 heteroatoms. The molecule has 1 aromatic carbocycles. The Morgan fingerprint density at radius 3 is 2.65 bits per heavy atom. The number of anilines is 1.